The maximum absolute atomic E-state index is 13.8. The predicted molar refractivity (Wildman–Crippen MR) is 90.2 cm³/mol. The first-order chi connectivity index (χ1) is 10.8. The van der Waals surface area contributed by atoms with Gasteiger partial charge in [0.05, 0.1) is 0 Å². The normalized spacial score (nSPS) is 16.2. The fourth-order valence-electron chi connectivity index (χ4n) is 2.58. The summed E-state index contributed by atoms with van der Waals surface area (Å²) in [6.45, 7) is 3.36. The predicted octanol–water partition coefficient (Wildman–Crippen LogP) is 7.93. The van der Waals surface area contributed by atoms with Gasteiger partial charge in [0, 0.05) is 9.84 Å². The second-order valence-corrected chi connectivity index (χ2v) is 9.22. The summed E-state index contributed by atoms with van der Waals surface area (Å²) in [6, 6.07) is 0. The molecule has 0 heterocycles. The lowest BCUT2D eigenvalue weighted by Gasteiger charge is -2.35. The summed E-state index contributed by atoms with van der Waals surface area (Å²) >= 11 is 1.52. The highest BCUT2D eigenvalue weighted by Crippen LogP contribution is 2.52. The summed E-state index contributed by atoms with van der Waals surface area (Å²) in [4.78, 5) is 0. The van der Waals surface area contributed by atoms with E-state index in [1.165, 1.54) is 35.9 Å². The average molecular weight is 478 g/mol. The number of hydrogen-bond acceptors (Lipinski definition) is 0. The Morgan fingerprint density at radius 3 is 1.42 bits per heavy atom. The van der Waals surface area contributed by atoms with Gasteiger partial charge in [-0.2, -0.15) is 26.3 Å². The third kappa shape index (κ3) is 8.08. The van der Waals surface area contributed by atoms with Gasteiger partial charge < -0.3 is 0 Å². The van der Waals surface area contributed by atoms with Gasteiger partial charge in [0.2, 0.25) is 0 Å². The first-order valence-corrected chi connectivity index (χ1v) is 9.36. The van der Waals surface area contributed by atoms with Crippen molar-refractivity contribution < 1.29 is 30.7 Å². The first kappa shape index (κ1) is 24.2. The topological polar surface area (TPSA) is 0 Å². The number of halogens is 8. The van der Waals surface area contributed by atoms with Crippen molar-refractivity contribution in [2.24, 2.45) is 0 Å². The molecular weight excluding hydrogens is 452 g/mol. The molecule has 0 fully saturated rings. The van der Waals surface area contributed by atoms with Crippen molar-refractivity contribution >= 4 is 22.6 Å². The fourth-order valence-corrected chi connectivity index (χ4v) is 3.49. The molecule has 1 atom stereocenters. The molecule has 0 aliphatic carbocycles. The van der Waals surface area contributed by atoms with Crippen molar-refractivity contribution in [3.8, 4) is 0 Å². The summed E-state index contributed by atoms with van der Waals surface area (Å²) in [5.74, 6) is 0. The smallest absolute Gasteiger partial charge is 0.224 e. The summed E-state index contributed by atoms with van der Waals surface area (Å²) in [5.41, 5.74) is -5.16. The van der Waals surface area contributed by atoms with Crippen LogP contribution in [-0.4, -0.2) is 21.4 Å². The van der Waals surface area contributed by atoms with Gasteiger partial charge in [0.25, 0.3) is 5.67 Å². The van der Waals surface area contributed by atoms with Crippen LogP contribution in [0.25, 0.3) is 0 Å². The molecule has 0 spiro atoms. The Morgan fingerprint density at radius 1 is 0.667 bits per heavy atom. The van der Waals surface area contributed by atoms with Gasteiger partial charge in [0.15, 0.2) is 0 Å². The van der Waals surface area contributed by atoms with Crippen LogP contribution in [0.5, 0.6) is 0 Å². The quantitative estimate of drug-likeness (QED) is 0.122. The molecule has 0 aliphatic rings. The van der Waals surface area contributed by atoms with Crippen molar-refractivity contribution in [1.29, 1.82) is 0 Å². The molecule has 0 aromatic heterocycles. The van der Waals surface area contributed by atoms with Crippen LogP contribution in [0.3, 0.4) is 0 Å². The third-order valence-electron chi connectivity index (χ3n) is 4.06. The Bertz CT molecular complexity index is 333. The third-order valence-corrected chi connectivity index (χ3v) is 4.98. The summed E-state index contributed by atoms with van der Waals surface area (Å²) in [7, 11) is 0. The van der Waals surface area contributed by atoms with E-state index in [9.17, 15) is 30.7 Å². The van der Waals surface area contributed by atoms with Gasteiger partial charge in [-0.15, -0.1) is 0 Å². The van der Waals surface area contributed by atoms with E-state index < -0.39 is 27.9 Å². The maximum Gasteiger partial charge on any atom is 0.431 e. The molecule has 0 nitrogen and oxygen atoms in total. The zero-order valence-electron chi connectivity index (χ0n) is 14.1. The van der Waals surface area contributed by atoms with Crippen LogP contribution in [0, 0.1) is 0 Å². The standard InChI is InChI=1S/C16H26F7I/c1-3-4-5-6-7-8-9-10-11-13(2,24)12-14(17,15(18,19)20)16(21,22)23/h3-12H2,1-2H3. The van der Waals surface area contributed by atoms with E-state index >= 15 is 0 Å². The van der Waals surface area contributed by atoms with E-state index in [0.29, 0.717) is 6.42 Å². The summed E-state index contributed by atoms with van der Waals surface area (Å²) in [5, 5.41) is 0. The van der Waals surface area contributed by atoms with Crippen molar-refractivity contribution in [1.82, 2.24) is 0 Å². The van der Waals surface area contributed by atoms with Gasteiger partial charge in [-0.3, -0.25) is 0 Å². The molecule has 8 heteroatoms. The van der Waals surface area contributed by atoms with Crippen molar-refractivity contribution in [3.05, 3.63) is 0 Å². The monoisotopic (exact) mass is 478 g/mol. The van der Waals surface area contributed by atoms with E-state index in [1.807, 2.05) is 0 Å². The molecule has 0 bridgehead atoms. The minimum Gasteiger partial charge on any atom is -0.224 e. The molecule has 0 rings (SSSR count). The largest absolute Gasteiger partial charge is 0.431 e. The lowest BCUT2D eigenvalue weighted by molar-refractivity contribution is -0.344. The van der Waals surface area contributed by atoms with Gasteiger partial charge in [-0.25, -0.2) is 4.39 Å². The van der Waals surface area contributed by atoms with Crippen LogP contribution in [0.2, 0.25) is 0 Å². The lowest BCUT2D eigenvalue weighted by atomic mass is 9.88. The van der Waals surface area contributed by atoms with Crippen LogP contribution in [0.15, 0.2) is 0 Å². The van der Waals surface area contributed by atoms with Crippen LogP contribution < -0.4 is 0 Å². The zero-order valence-corrected chi connectivity index (χ0v) is 16.3. The van der Waals surface area contributed by atoms with Gasteiger partial charge >= 0.3 is 12.4 Å². The molecule has 0 saturated carbocycles. The summed E-state index contributed by atoms with van der Waals surface area (Å²) in [6.07, 6.45) is -5.73. The minimum atomic E-state index is -5.96. The number of alkyl halides is 8. The number of hydrogen-bond donors (Lipinski definition) is 0. The van der Waals surface area contributed by atoms with E-state index in [-0.39, 0.29) is 6.42 Å². The Morgan fingerprint density at radius 2 is 1.04 bits per heavy atom. The van der Waals surface area contributed by atoms with Gasteiger partial charge in [0.1, 0.15) is 0 Å². The molecule has 0 aromatic rings. The van der Waals surface area contributed by atoms with Crippen LogP contribution in [0.1, 0.15) is 78.1 Å². The van der Waals surface area contributed by atoms with Crippen molar-refractivity contribution in [2.45, 2.75) is 99.5 Å². The molecule has 0 N–H and O–H groups in total. The van der Waals surface area contributed by atoms with E-state index in [0.717, 1.165) is 38.5 Å². The van der Waals surface area contributed by atoms with Crippen molar-refractivity contribution in [2.75, 3.05) is 0 Å². The molecule has 146 valence electrons. The molecule has 0 aromatic carbocycles. The second kappa shape index (κ2) is 9.80. The molecule has 0 saturated heterocycles. The van der Waals surface area contributed by atoms with Crippen LogP contribution >= 0.6 is 22.6 Å². The highest BCUT2D eigenvalue weighted by atomic mass is 127. The number of rotatable bonds is 11. The van der Waals surface area contributed by atoms with E-state index in [2.05, 4.69) is 6.92 Å². The Balaban J connectivity index is 4.41. The van der Waals surface area contributed by atoms with Crippen LogP contribution in [0.4, 0.5) is 30.7 Å². The molecule has 24 heavy (non-hydrogen) atoms. The maximum atomic E-state index is 13.8. The van der Waals surface area contributed by atoms with Gasteiger partial charge in [-0.1, -0.05) is 87.8 Å². The zero-order chi connectivity index (χ0) is 19.1. The average Bonchev–Trinajstić information content (AvgIpc) is 2.38. The molecule has 0 radical (unpaired) electrons. The SMILES string of the molecule is CCCCCCCCCCC(C)(I)CC(F)(C(F)(F)F)C(F)(F)F. The molecule has 0 amide bonds. The second-order valence-electron chi connectivity index (χ2n) is 6.61. The fraction of sp³-hybridized carbons (Fsp3) is 1.00. The minimum absolute atomic E-state index is 0.125. The summed E-state index contributed by atoms with van der Waals surface area (Å²) < 4.78 is 88.1. The Labute approximate surface area is 153 Å². The highest BCUT2D eigenvalue weighted by Gasteiger charge is 2.73. The first-order valence-electron chi connectivity index (χ1n) is 8.28. The van der Waals surface area contributed by atoms with E-state index in [1.54, 1.807) is 0 Å². The molecule has 1 unspecified atom stereocenters. The number of unbranched alkanes of at least 4 members (excludes halogenated alkanes) is 7. The van der Waals surface area contributed by atoms with E-state index in [4.69, 9.17) is 0 Å². The van der Waals surface area contributed by atoms with Crippen molar-refractivity contribution in [3.63, 3.8) is 0 Å². The molecular formula is C16H26F7I. The van der Waals surface area contributed by atoms with Gasteiger partial charge in [-0.05, 0) is 6.42 Å². The molecule has 0 aliphatic heterocycles. The van der Waals surface area contributed by atoms with Crippen LogP contribution in [-0.2, 0) is 0 Å². The lowest BCUT2D eigenvalue weighted by Crippen LogP contribution is -2.55. The Kier molecular flexibility index (Phi) is 9.90. The Hall–Kier alpha value is 0.240. The highest BCUT2D eigenvalue weighted by molar-refractivity contribution is 14.1.